The highest BCUT2D eigenvalue weighted by atomic mass is 16.4. The van der Waals surface area contributed by atoms with Gasteiger partial charge in [0.2, 0.25) is 23.6 Å². The minimum atomic E-state index is -1.25. The molecule has 1 aromatic carbocycles. The first kappa shape index (κ1) is 32.2. The maximum atomic E-state index is 13.3. The summed E-state index contributed by atoms with van der Waals surface area (Å²) < 4.78 is 0. The SMILES string of the molecule is CC(C)CC(NC(=O)C(CCCCN)NC(=O)C(N)CC(N)=O)C(=O)NC(Cc1c[nH]c2ccccc12)C(=O)O. The summed E-state index contributed by atoms with van der Waals surface area (Å²) in [5.74, 6) is -4.04. The second kappa shape index (κ2) is 15.6. The van der Waals surface area contributed by atoms with Crippen LogP contribution in [0.25, 0.3) is 10.9 Å². The molecule has 0 radical (unpaired) electrons. The van der Waals surface area contributed by atoms with Crippen molar-refractivity contribution < 1.29 is 29.1 Å². The number of primary amides is 1. The van der Waals surface area contributed by atoms with Gasteiger partial charge >= 0.3 is 5.97 Å². The number of unbranched alkanes of at least 4 members (excludes halogenated alkanes) is 1. The predicted octanol–water partition coefficient (Wildman–Crippen LogP) is -0.373. The van der Waals surface area contributed by atoms with Crippen LogP contribution < -0.4 is 33.2 Å². The van der Waals surface area contributed by atoms with Gasteiger partial charge in [0.25, 0.3) is 0 Å². The molecule has 0 saturated heterocycles. The van der Waals surface area contributed by atoms with E-state index in [-0.39, 0.29) is 25.2 Å². The summed E-state index contributed by atoms with van der Waals surface area (Å²) >= 11 is 0. The first-order valence-electron chi connectivity index (χ1n) is 13.4. The number of aliphatic carboxylic acids is 1. The summed E-state index contributed by atoms with van der Waals surface area (Å²) in [7, 11) is 0. The molecule has 2 aromatic rings. The number of hydrogen-bond donors (Lipinski definition) is 8. The summed E-state index contributed by atoms with van der Waals surface area (Å²) in [6.45, 7) is 4.10. The molecule has 0 aliphatic carbocycles. The molecule has 4 atom stereocenters. The number of para-hydroxylation sites is 1. The van der Waals surface area contributed by atoms with Crippen molar-refractivity contribution in [3.8, 4) is 0 Å². The fourth-order valence-electron chi connectivity index (χ4n) is 4.32. The molecule has 220 valence electrons. The summed E-state index contributed by atoms with van der Waals surface area (Å²) in [5.41, 5.74) is 18.0. The van der Waals surface area contributed by atoms with Crippen LogP contribution in [0.1, 0.15) is 51.5 Å². The van der Waals surface area contributed by atoms with Crippen molar-refractivity contribution in [2.75, 3.05) is 6.54 Å². The van der Waals surface area contributed by atoms with Crippen LogP contribution in [-0.4, -0.2) is 70.4 Å². The molecule has 0 aliphatic heterocycles. The van der Waals surface area contributed by atoms with Gasteiger partial charge in [0.1, 0.15) is 18.1 Å². The van der Waals surface area contributed by atoms with Crippen molar-refractivity contribution in [1.82, 2.24) is 20.9 Å². The zero-order chi connectivity index (χ0) is 29.8. The van der Waals surface area contributed by atoms with E-state index in [4.69, 9.17) is 17.2 Å². The number of hydrogen-bond acceptors (Lipinski definition) is 7. The van der Waals surface area contributed by atoms with Gasteiger partial charge < -0.3 is 43.2 Å². The van der Waals surface area contributed by atoms with Gasteiger partial charge in [-0.05, 0) is 49.8 Å². The molecule has 0 spiro atoms. The van der Waals surface area contributed by atoms with Gasteiger partial charge in [-0.1, -0.05) is 32.0 Å². The van der Waals surface area contributed by atoms with Crippen LogP contribution in [0.15, 0.2) is 30.5 Å². The number of aromatic amines is 1. The number of fused-ring (bicyclic) bond motifs is 1. The Bertz CT molecular complexity index is 1180. The van der Waals surface area contributed by atoms with E-state index in [0.29, 0.717) is 19.4 Å². The van der Waals surface area contributed by atoms with Gasteiger partial charge in [-0.2, -0.15) is 0 Å². The van der Waals surface area contributed by atoms with Gasteiger partial charge in [0, 0.05) is 23.5 Å². The van der Waals surface area contributed by atoms with Gasteiger partial charge in [-0.25, -0.2) is 4.79 Å². The molecule has 1 heterocycles. The van der Waals surface area contributed by atoms with E-state index in [9.17, 15) is 29.1 Å². The van der Waals surface area contributed by atoms with Gasteiger partial charge in [0.15, 0.2) is 0 Å². The molecule has 13 heteroatoms. The molecule has 4 amide bonds. The molecule has 2 rings (SSSR count). The zero-order valence-electron chi connectivity index (χ0n) is 22.9. The lowest BCUT2D eigenvalue weighted by Crippen LogP contribution is -2.57. The highest BCUT2D eigenvalue weighted by Crippen LogP contribution is 2.19. The molecule has 0 aliphatic rings. The van der Waals surface area contributed by atoms with Crippen molar-refractivity contribution in [3.05, 3.63) is 36.0 Å². The summed E-state index contributed by atoms with van der Waals surface area (Å²) in [5, 5.41) is 18.4. The Hall–Kier alpha value is -3.97. The first-order chi connectivity index (χ1) is 18.9. The Morgan fingerprint density at radius 3 is 2.17 bits per heavy atom. The molecule has 0 bridgehead atoms. The van der Waals surface area contributed by atoms with Crippen LogP contribution in [0.2, 0.25) is 0 Å². The van der Waals surface area contributed by atoms with Crippen LogP contribution in [0, 0.1) is 5.92 Å². The minimum Gasteiger partial charge on any atom is -0.480 e. The number of benzene rings is 1. The largest absolute Gasteiger partial charge is 0.480 e. The molecular weight excluding hydrogens is 518 g/mol. The number of carbonyl (C=O) groups is 5. The number of rotatable bonds is 17. The second-order valence-corrected chi connectivity index (χ2v) is 10.3. The number of aromatic nitrogens is 1. The Morgan fingerprint density at radius 1 is 0.925 bits per heavy atom. The number of carboxylic acids is 1. The number of nitrogens with two attached hydrogens (primary N) is 3. The third kappa shape index (κ3) is 9.97. The van der Waals surface area contributed by atoms with E-state index < -0.39 is 60.2 Å². The second-order valence-electron chi connectivity index (χ2n) is 10.3. The van der Waals surface area contributed by atoms with Gasteiger partial charge in [-0.15, -0.1) is 0 Å². The smallest absolute Gasteiger partial charge is 0.326 e. The number of carboxylic acid groups (broad SMARTS) is 1. The van der Waals surface area contributed by atoms with E-state index in [1.165, 1.54) is 0 Å². The predicted molar refractivity (Wildman–Crippen MR) is 150 cm³/mol. The number of carbonyl (C=O) groups excluding carboxylic acids is 4. The van der Waals surface area contributed by atoms with Crippen molar-refractivity contribution in [2.45, 2.75) is 76.5 Å². The molecule has 0 saturated carbocycles. The first-order valence-corrected chi connectivity index (χ1v) is 13.4. The van der Waals surface area contributed by atoms with E-state index in [1.807, 2.05) is 38.1 Å². The zero-order valence-corrected chi connectivity index (χ0v) is 22.9. The fourth-order valence-corrected chi connectivity index (χ4v) is 4.32. The van der Waals surface area contributed by atoms with Crippen LogP contribution in [0.3, 0.4) is 0 Å². The lowest BCUT2D eigenvalue weighted by atomic mass is 10.00. The van der Waals surface area contributed by atoms with E-state index in [0.717, 1.165) is 16.5 Å². The molecule has 40 heavy (non-hydrogen) atoms. The van der Waals surface area contributed by atoms with E-state index in [1.54, 1.807) is 6.20 Å². The summed E-state index contributed by atoms with van der Waals surface area (Å²) in [6.07, 6.45) is 2.88. The molecule has 1 aromatic heterocycles. The van der Waals surface area contributed by atoms with Crippen LogP contribution in [0.4, 0.5) is 0 Å². The maximum absolute atomic E-state index is 13.3. The Balaban J connectivity index is 2.17. The quantitative estimate of drug-likeness (QED) is 0.119. The topological polar surface area (TPSA) is 236 Å². The van der Waals surface area contributed by atoms with Gasteiger partial charge in [-0.3, -0.25) is 19.2 Å². The standard InChI is InChI=1S/C27H41N7O6/c1-15(2)11-21(33-25(37)20(9-5-6-10-28)32-24(36)18(29)13-23(30)35)26(38)34-22(27(39)40)12-16-14-31-19-8-4-3-7-17(16)19/h3-4,7-8,14-15,18,20-22,31H,5-6,9-13,28-29H2,1-2H3,(H2,30,35)(H,32,36)(H,33,37)(H,34,38)(H,39,40). The highest BCUT2D eigenvalue weighted by Gasteiger charge is 2.31. The molecule has 0 fully saturated rings. The summed E-state index contributed by atoms with van der Waals surface area (Å²) in [4.78, 5) is 65.3. The molecule has 4 unspecified atom stereocenters. The van der Waals surface area contributed by atoms with Crippen molar-refractivity contribution in [3.63, 3.8) is 0 Å². The van der Waals surface area contributed by atoms with Crippen LogP contribution >= 0.6 is 0 Å². The van der Waals surface area contributed by atoms with Crippen molar-refractivity contribution in [1.29, 1.82) is 0 Å². The maximum Gasteiger partial charge on any atom is 0.326 e. The molecule has 13 nitrogen and oxygen atoms in total. The van der Waals surface area contributed by atoms with E-state index >= 15 is 0 Å². The average Bonchev–Trinajstić information content (AvgIpc) is 3.29. The fraction of sp³-hybridized carbons (Fsp3) is 0.519. The van der Waals surface area contributed by atoms with Gasteiger partial charge in [0.05, 0.1) is 12.5 Å². The third-order valence-corrected chi connectivity index (χ3v) is 6.39. The average molecular weight is 560 g/mol. The van der Waals surface area contributed by atoms with E-state index in [2.05, 4.69) is 20.9 Å². The lowest BCUT2D eigenvalue weighted by Gasteiger charge is -2.26. The van der Waals surface area contributed by atoms with Crippen LogP contribution in [-0.2, 0) is 30.4 Å². The van der Waals surface area contributed by atoms with Crippen molar-refractivity contribution >= 4 is 40.5 Å². The normalized spacial score (nSPS) is 14.2. The number of nitrogens with one attached hydrogen (secondary N) is 4. The molecular formula is C27H41N7O6. The van der Waals surface area contributed by atoms with Crippen molar-refractivity contribution in [2.24, 2.45) is 23.1 Å². The van der Waals surface area contributed by atoms with Crippen LogP contribution in [0.5, 0.6) is 0 Å². The Kier molecular flexibility index (Phi) is 12.6. The minimum absolute atomic E-state index is 0.0257. The lowest BCUT2D eigenvalue weighted by molar-refractivity contribution is -0.142. The summed E-state index contributed by atoms with van der Waals surface area (Å²) in [6, 6.07) is 2.82. The highest BCUT2D eigenvalue weighted by molar-refractivity contribution is 5.95. The Morgan fingerprint density at radius 2 is 1.55 bits per heavy atom. The number of amides is 4. The Labute approximate surface area is 233 Å². The number of H-pyrrole nitrogens is 1. The molecule has 11 N–H and O–H groups in total. The third-order valence-electron chi connectivity index (χ3n) is 6.39. The monoisotopic (exact) mass is 559 g/mol.